The Morgan fingerprint density at radius 3 is 2.44 bits per heavy atom. The van der Waals surface area contributed by atoms with Gasteiger partial charge in [0.05, 0.1) is 0 Å². The standard InChI is InChI=1S/C11H19NO4/c1-11(2,3)16-10(14)15-9(13)8-6-4-5-7-12-8/h8,12H,4-7H2,1-3H3/t8-/m0/s1. The van der Waals surface area contributed by atoms with Crippen molar-refractivity contribution in [1.29, 1.82) is 0 Å². The normalized spacial score (nSPS) is 21.3. The van der Waals surface area contributed by atoms with Crippen LogP contribution >= 0.6 is 0 Å². The maximum absolute atomic E-state index is 11.5. The molecule has 1 saturated heterocycles. The van der Waals surface area contributed by atoms with Crippen molar-refractivity contribution in [2.75, 3.05) is 6.54 Å². The molecule has 0 aromatic rings. The van der Waals surface area contributed by atoms with Crippen LogP contribution in [0.3, 0.4) is 0 Å². The van der Waals surface area contributed by atoms with Gasteiger partial charge < -0.3 is 14.8 Å². The summed E-state index contributed by atoms with van der Waals surface area (Å²) >= 11 is 0. The maximum atomic E-state index is 11.5. The fourth-order valence-corrected chi connectivity index (χ4v) is 1.48. The zero-order valence-electron chi connectivity index (χ0n) is 10.0. The van der Waals surface area contributed by atoms with Crippen LogP contribution in [0.1, 0.15) is 40.0 Å². The molecule has 0 unspecified atom stereocenters. The first-order valence-electron chi connectivity index (χ1n) is 5.56. The first-order chi connectivity index (χ1) is 7.38. The Bertz CT molecular complexity index is 264. The van der Waals surface area contributed by atoms with E-state index in [0.29, 0.717) is 6.42 Å². The Balaban J connectivity index is 2.35. The predicted molar refractivity (Wildman–Crippen MR) is 58.0 cm³/mol. The van der Waals surface area contributed by atoms with Gasteiger partial charge in [0.15, 0.2) is 0 Å². The lowest BCUT2D eigenvalue weighted by atomic mass is 10.1. The number of carbonyl (C=O) groups is 2. The molecule has 0 aliphatic carbocycles. The number of esters is 1. The summed E-state index contributed by atoms with van der Waals surface area (Å²) in [7, 11) is 0. The molecular weight excluding hydrogens is 210 g/mol. The zero-order chi connectivity index (χ0) is 12.2. The van der Waals surface area contributed by atoms with E-state index in [1.54, 1.807) is 20.8 Å². The molecule has 1 heterocycles. The summed E-state index contributed by atoms with van der Waals surface area (Å²) < 4.78 is 9.49. The second kappa shape index (κ2) is 5.30. The summed E-state index contributed by atoms with van der Waals surface area (Å²) in [6, 6.07) is -0.374. The van der Waals surface area contributed by atoms with Crippen molar-refractivity contribution in [3.05, 3.63) is 0 Å². The van der Waals surface area contributed by atoms with E-state index in [2.05, 4.69) is 10.1 Å². The van der Waals surface area contributed by atoms with Crippen molar-refractivity contribution in [3.63, 3.8) is 0 Å². The van der Waals surface area contributed by atoms with E-state index in [9.17, 15) is 9.59 Å². The topological polar surface area (TPSA) is 64.6 Å². The van der Waals surface area contributed by atoms with Gasteiger partial charge in [-0.25, -0.2) is 9.59 Å². The van der Waals surface area contributed by atoms with Crippen molar-refractivity contribution in [1.82, 2.24) is 5.32 Å². The Morgan fingerprint density at radius 1 is 1.25 bits per heavy atom. The molecule has 0 aromatic carbocycles. The van der Waals surface area contributed by atoms with Gasteiger partial charge in [-0.3, -0.25) is 0 Å². The van der Waals surface area contributed by atoms with Crippen LogP contribution in [0.4, 0.5) is 4.79 Å². The molecule has 92 valence electrons. The molecule has 1 N–H and O–H groups in total. The minimum atomic E-state index is -0.926. The number of hydrogen-bond acceptors (Lipinski definition) is 5. The van der Waals surface area contributed by atoms with Crippen LogP contribution in [0.2, 0.25) is 0 Å². The molecule has 0 spiro atoms. The molecule has 0 radical (unpaired) electrons. The maximum Gasteiger partial charge on any atom is 0.516 e. The minimum absolute atomic E-state index is 0.374. The van der Waals surface area contributed by atoms with Gasteiger partial charge in [0.25, 0.3) is 0 Å². The van der Waals surface area contributed by atoms with Crippen LogP contribution in [-0.2, 0) is 14.3 Å². The van der Waals surface area contributed by atoms with Crippen LogP contribution in [-0.4, -0.2) is 30.3 Å². The van der Waals surface area contributed by atoms with Crippen LogP contribution in [0.5, 0.6) is 0 Å². The van der Waals surface area contributed by atoms with Crippen molar-refractivity contribution in [2.24, 2.45) is 0 Å². The van der Waals surface area contributed by atoms with Crippen molar-refractivity contribution in [2.45, 2.75) is 51.7 Å². The quantitative estimate of drug-likeness (QED) is 0.546. The lowest BCUT2D eigenvalue weighted by Gasteiger charge is -2.22. The summed E-state index contributed by atoms with van der Waals surface area (Å²) in [5, 5.41) is 3.00. The molecule has 1 atom stereocenters. The van der Waals surface area contributed by atoms with E-state index in [-0.39, 0.29) is 6.04 Å². The van der Waals surface area contributed by atoms with E-state index in [0.717, 1.165) is 19.4 Å². The van der Waals surface area contributed by atoms with Crippen LogP contribution in [0, 0.1) is 0 Å². The summed E-state index contributed by atoms with van der Waals surface area (Å²) in [5.41, 5.74) is -0.642. The smallest absolute Gasteiger partial charge is 0.428 e. The fourth-order valence-electron chi connectivity index (χ4n) is 1.48. The van der Waals surface area contributed by atoms with Crippen LogP contribution in [0.15, 0.2) is 0 Å². The molecule has 5 heteroatoms. The molecule has 1 rings (SSSR count). The largest absolute Gasteiger partial charge is 0.516 e. The van der Waals surface area contributed by atoms with Crippen LogP contribution < -0.4 is 5.32 Å². The van der Waals surface area contributed by atoms with Crippen LogP contribution in [0.25, 0.3) is 0 Å². The Labute approximate surface area is 95.5 Å². The molecule has 0 aromatic heterocycles. The van der Waals surface area contributed by atoms with Crippen molar-refractivity contribution < 1.29 is 19.1 Å². The summed E-state index contributed by atoms with van der Waals surface area (Å²) in [4.78, 5) is 22.7. The highest BCUT2D eigenvalue weighted by molar-refractivity contribution is 5.85. The van der Waals surface area contributed by atoms with Gasteiger partial charge in [0.1, 0.15) is 11.6 Å². The molecule has 1 fully saturated rings. The third-order valence-electron chi connectivity index (χ3n) is 2.17. The van der Waals surface area contributed by atoms with Crippen molar-refractivity contribution in [3.8, 4) is 0 Å². The van der Waals surface area contributed by atoms with Crippen molar-refractivity contribution >= 4 is 12.1 Å². The molecular formula is C11H19NO4. The van der Waals surface area contributed by atoms with Gasteiger partial charge in [0, 0.05) is 0 Å². The summed E-state index contributed by atoms with van der Waals surface area (Å²) in [6.07, 6.45) is 1.81. The van der Waals surface area contributed by atoms with Gasteiger partial charge in [-0.2, -0.15) is 0 Å². The highest BCUT2D eigenvalue weighted by Gasteiger charge is 2.26. The molecule has 0 amide bonds. The molecule has 1 aliphatic heterocycles. The average molecular weight is 229 g/mol. The van der Waals surface area contributed by atoms with Gasteiger partial charge in [0.2, 0.25) is 0 Å². The fraction of sp³-hybridized carbons (Fsp3) is 0.818. The summed E-state index contributed by atoms with van der Waals surface area (Å²) in [5.74, 6) is -0.547. The number of carbonyl (C=O) groups excluding carboxylic acids is 2. The number of piperidine rings is 1. The lowest BCUT2D eigenvalue weighted by molar-refractivity contribution is -0.144. The Kier molecular flexibility index (Phi) is 4.29. The molecule has 16 heavy (non-hydrogen) atoms. The number of hydrogen-bond donors (Lipinski definition) is 1. The Morgan fingerprint density at radius 2 is 1.94 bits per heavy atom. The summed E-state index contributed by atoms with van der Waals surface area (Å²) in [6.45, 7) is 5.95. The number of nitrogens with one attached hydrogen (secondary N) is 1. The van der Waals surface area contributed by atoms with E-state index < -0.39 is 17.7 Å². The van der Waals surface area contributed by atoms with Gasteiger partial charge >= 0.3 is 12.1 Å². The highest BCUT2D eigenvalue weighted by atomic mass is 16.7. The minimum Gasteiger partial charge on any atom is -0.428 e. The van der Waals surface area contributed by atoms with E-state index in [4.69, 9.17) is 4.74 Å². The first-order valence-corrected chi connectivity index (χ1v) is 5.56. The Hall–Kier alpha value is -1.10. The third-order valence-corrected chi connectivity index (χ3v) is 2.17. The predicted octanol–water partition coefficient (Wildman–Crippen LogP) is 1.61. The molecule has 0 bridgehead atoms. The monoisotopic (exact) mass is 229 g/mol. The van der Waals surface area contributed by atoms with Gasteiger partial charge in [-0.15, -0.1) is 0 Å². The molecule has 0 saturated carbocycles. The van der Waals surface area contributed by atoms with E-state index in [1.807, 2.05) is 0 Å². The highest BCUT2D eigenvalue weighted by Crippen LogP contribution is 2.11. The van der Waals surface area contributed by atoms with E-state index >= 15 is 0 Å². The SMILES string of the molecule is CC(C)(C)OC(=O)OC(=O)[C@@H]1CCCCN1. The first kappa shape index (κ1) is 13.0. The molecule has 1 aliphatic rings. The zero-order valence-corrected chi connectivity index (χ0v) is 10.0. The van der Waals surface area contributed by atoms with Gasteiger partial charge in [-0.1, -0.05) is 6.42 Å². The average Bonchev–Trinajstić information content (AvgIpc) is 2.16. The second-order valence-corrected chi connectivity index (χ2v) is 4.89. The second-order valence-electron chi connectivity index (χ2n) is 4.89. The molecule has 5 nitrogen and oxygen atoms in total. The number of ether oxygens (including phenoxy) is 2. The van der Waals surface area contributed by atoms with Gasteiger partial charge in [-0.05, 0) is 40.2 Å². The van der Waals surface area contributed by atoms with E-state index in [1.165, 1.54) is 0 Å². The third kappa shape index (κ3) is 4.61. The lowest BCUT2D eigenvalue weighted by Crippen LogP contribution is -2.42. The number of rotatable bonds is 1.